The highest BCUT2D eigenvalue weighted by Gasteiger charge is 2.21. The van der Waals surface area contributed by atoms with Gasteiger partial charge in [-0.3, -0.25) is 4.57 Å². The molecule has 2 heterocycles. The summed E-state index contributed by atoms with van der Waals surface area (Å²) in [5.74, 6) is 2.06. The van der Waals surface area contributed by atoms with Gasteiger partial charge in [-0.2, -0.15) is 0 Å². The average molecular weight is 292 g/mol. The van der Waals surface area contributed by atoms with Crippen LogP contribution in [0.1, 0.15) is 32.1 Å². The lowest BCUT2D eigenvalue weighted by Gasteiger charge is -2.15. The summed E-state index contributed by atoms with van der Waals surface area (Å²) in [4.78, 5) is 4.75. The van der Waals surface area contributed by atoms with Crippen LogP contribution in [0.3, 0.4) is 0 Å². The molecule has 0 radical (unpaired) electrons. The van der Waals surface area contributed by atoms with Gasteiger partial charge in [0.15, 0.2) is 0 Å². The third-order valence-corrected chi connectivity index (χ3v) is 4.41. The average Bonchev–Trinajstić information content (AvgIpc) is 3.02. The number of aromatic nitrogens is 1. The van der Waals surface area contributed by atoms with Crippen molar-refractivity contribution in [1.82, 2.24) is 4.57 Å². The van der Waals surface area contributed by atoms with Gasteiger partial charge < -0.3 is 4.74 Å². The lowest BCUT2D eigenvalue weighted by Crippen LogP contribution is -2.17. The number of benzene rings is 1. The summed E-state index contributed by atoms with van der Waals surface area (Å²) < 4.78 is 8.28. The Kier molecular flexibility index (Phi) is 3.55. The molecule has 0 saturated heterocycles. The number of hydrogen-bond acceptors (Lipinski definition) is 2. The quantitative estimate of drug-likeness (QED) is 0.768. The van der Waals surface area contributed by atoms with Gasteiger partial charge in [-0.1, -0.05) is 30.7 Å². The van der Waals surface area contributed by atoms with E-state index < -0.39 is 0 Å². The molecular formula is C19H20N2O. The van der Waals surface area contributed by atoms with Crippen molar-refractivity contribution in [2.75, 3.05) is 0 Å². The van der Waals surface area contributed by atoms with E-state index in [9.17, 15) is 0 Å². The SMILES string of the molecule is c1ccc(N=c2cccc3n2CC(=C2CCCCC2)O3)cc1. The second-order valence-corrected chi connectivity index (χ2v) is 5.95. The van der Waals surface area contributed by atoms with E-state index in [4.69, 9.17) is 9.73 Å². The van der Waals surface area contributed by atoms with E-state index in [2.05, 4.69) is 4.57 Å². The topological polar surface area (TPSA) is 26.5 Å². The first kappa shape index (κ1) is 13.4. The van der Waals surface area contributed by atoms with E-state index in [1.807, 2.05) is 48.5 Å². The minimum Gasteiger partial charge on any atom is -0.443 e. The van der Waals surface area contributed by atoms with E-state index in [-0.39, 0.29) is 0 Å². The normalized spacial score (nSPS) is 18.3. The zero-order valence-corrected chi connectivity index (χ0v) is 12.7. The molecule has 1 aromatic carbocycles. The van der Waals surface area contributed by atoms with Crippen LogP contribution in [-0.4, -0.2) is 4.57 Å². The molecule has 0 N–H and O–H groups in total. The first-order valence-corrected chi connectivity index (χ1v) is 8.08. The van der Waals surface area contributed by atoms with Crippen LogP contribution in [0.4, 0.5) is 5.69 Å². The Morgan fingerprint density at radius 2 is 1.68 bits per heavy atom. The fourth-order valence-corrected chi connectivity index (χ4v) is 3.23. The van der Waals surface area contributed by atoms with Gasteiger partial charge in [0.1, 0.15) is 11.2 Å². The summed E-state index contributed by atoms with van der Waals surface area (Å²) in [6.07, 6.45) is 6.32. The minimum atomic E-state index is 0.817. The maximum atomic E-state index is 6.11. The number of ether oxygens (including phenoxy) is 1. The van der Waals surface area contributed by atoms with Crippen molar-refractivity contribution >= 4 is 5.69 Å². The molecule has 1 aliphatic heterocycles. The molecule has 112 valence electrons. The Labute approximate surface area is 130 Å². The maximum Gasteiger partial charge on any atom is 0.201 e. The Hall–Kier alpha value is -2.29. The van der Waals surface area contributed by atoms with Crippen LogP contribution in [0.5, 0.6) is 5.88 Å². The van der Waals surface area contributed by atoms with Crippen LogP contribution < -0.4 is 10.2 Å². The molecule has 22 heavy (non-hydrogen) atoms. The minimum absolute atomic E-state index is 0.817. The number of fused-ring (bicyclic) bond motifs is 1. The van der Waals surface area contributed by atoms with Gasteiger partial charge in [0.25, 0.3) is 0 Å². The van der Waals surface area contributed by atoms with Gasteiger partial charge in [0.05, 0.1) is 12.2 Å². The second kappa shape index (κ2) is 5.84. The Bertz CT molecular complexity index is 764. The molecule has 3 heteroatoms. The highest BCUT2D eigenvalue weighted by Crippen LogP contribution is 2.31. The molecule has 2 aliphatic rings. The fraction of sp³-hybridized carbons (Fsp3) is 0.316. The zero-order chi connectivity index (χ0) is 14.8. The standard InChI is InChI=1S/C19H20N2O/c1-3-8-15(9-4-1)17-14-21-18(12-7-13-19(21)22-17)20-16-10-5-2-6-11-16/h2,5-7,10-13H,1,3-4,8-9,14H2. The van der Waals surface area contributed by atoms with E-state index in [0.29, 0.717) is 0 Å². The number of para-hydroxylation sites is 1. The van der Waals surface area contributed by atoms with Crippen LogP contribution in [0, 0.1) is 0 Å². The first-order chi connectivity index (χ1) is 10.9. The molecule has 0 amide bonds. The largest absolute Gasteiger partial charge is 0.443 e. The molecule has 0 spiro atoms. The second-order valence-electron chi connectivity index (χ2n) is 5.95. The number of rotatable bonds is 1. The lowest BCUT2D eigenvalue weighted by molar-refractivity contribution is 0.422. The summed E-state index contributed by atoms with van der Waals surface area (Å²) in [6.45, 7) is 0.817. The van der Waals surface area contributed by atoms with E-state index in [0.717, 1.165) is 29.4 Å². The van der Waals surface area contributed by atoms with Gasteiger partial charge in [-0.05, 0) is 55.5 Å². The number of allylic oxidation sites excluding steroid dienone is 2. The predicted molar refractivity (Wildman–Crippen MR) is 86.8 cm³/mol. The van der Waals surface area contributed by atoms with E-state index in [1.54, 1.807) is 0 Å². The smallest absolute Gasteiger partial charge is 0.201 e. The van der Waals surface area contributed by atoms with Crippen LogP contribution in [-0.2, 0) is 6.54 Å². The summed E-state index contributed by atoms with van der Waals surface area (Å²) in [7, 11) is 0. The van der Waals surface area contributed by atoms with Gasteiger partial charge in [0, 0.05) is 0 Å². The van der Waals surface area contributed by atoms with Crippen LogP contribution >= 0.6 is 0 Å². The molecular weight excluding hydrogens is 272 g/mol. The summed E-state index contributed by atoms with van der Waals surface area (Å²) in [5, 5.41) is 0. The van der Waals surface area contributed by atoms with Crippen molar-refractivity contribution in [2.24, 2.45) is 4.99 Å². The molecule has 0 atom stereocenters. The van der Waals surface area contributed by atoms with Crippen molar-refractivity contribution in [3.63, 3.8) is 0 Å². The third kappa shape index (κ3) is 2.59. The lowest BCUT2D eigenvalue weighted by atomic mass is 9.94. The van der Waals surface area contributed by atoms with Crippen LogP contribution in [0.25, 0.3) is 0 Å². The van der Waals surface area contributed by atoms with E-state index in [1.165, 1.54) is 37.7 Å². The predicted octanol–water partition coefficient (Wildman–Crippen LogP) is 4.33. The molecule has 1 fully saturated rings. The monoisotopic (exact) mass is 292 g/mol. The molecule has 1 saturated carbocycles. The van der Waals surface area contributed by atoms with Crippen molar-refractivity contribution in [1.29, 1.82) is 0 Å². The first-order valence-electron chi connectivity index (χ1n) is 8.08. The molecule has 3 nitrogen and oxygen atoms in total. The maximum absolute atomic E-state index is 6.11. The third-order valence-electron chi connectivity index (χ3n) is 4.41. The molecule has 4 rings (SSSR count). The summed E-state index contributed by atoms with van der Waals surface area (Å²) in [5.41, 5.74) is 3.43. The van der Waals surface area contributed by atoms with Crippen molar-refractivity contribution in [3.05, 3.63) is 65.4 Å². The van der Waals surface area contributed by atoms with Gasteiger partial charge in [-0.25, -0.2) is 4.99 Å². The number of hydrogen-bond donors (Lipinski definition) is 0. The summed E-state index contributed by atoms with van der Waals surface area (Å²) >= 11 is 0. The van der Waals surface area contributed by atoms with E-state index >= 15 is 0 Å². The fourth-order valence-electron chi connectivity index (χ4n) is 3.23. The van der Waals surface area contributed by atoms with Crippen LogP contribution in [0.15, 0.2) is 64.9 Å². The van der Waals surface area contributed by atoms with Gasteiger partial charge >= 0.3 is 0 Å². The van der Waals surface area contributed by atoms with Crippen molar-refractivity contribution < 1.29 is 4.74 Å². The Morgan fingerprint density at radius 1 is 0.864 bits per heavy atom. The molecule has 0 bridgehead atoms. The number of nitrogens with zero attached hydrogens (tertiary/aromatic N) is 2. The van der Waals surface area contributed by atoms with Crippen molar-refractivity contribution in [3.8, 4) is 5.88 Å². The molecule has 0 unspecified atom stereocenters. The zero-order valence-electron chi connectivity index (χ0n) is 12.7. The highest BCUT2D eigenvalue weighted by molar-refractivity contribution is 5.36. The number of pyridine rings is 1. The highest BCUT2D eigenvalue weighted by atomic mass is 16.5. The van der Waals surface area contributed by atoms with Gasteiger partial charge in [0.2, 0.25) is 5.88 Å². The molecule has 1 aromatic heterocycles. The van der Waals surface area contributed by atoms with Crippen LogP contribution in [0.2, 0.25) is 0 Å². The molecule has 2 aromatic rings. The van der Waals surface area contributed by atoms with Crippen molar-refractivity contribution in [2.45, 2.75) is 38.6 Å². The molecule has 1 aliphatic carbocycles. The van der Waals surface area contributed by atoms with Gasteiger partial charge in [-0.15, -0.1) is 0 Å². The Balaban J connectivity index is 1.73. The Morgan fingerprint density at radius 3 is 2.50 bits per heavy atom. The summed E-state index contributed by atoms with van der Waals surface area (Å²) in [6, 6.07) is 16.2.